The van der Waals surface area contributed by atoms with Gasteiger partial charge in [-0.2, -0.15) is 0 Å². The van der Waals surface area contributed by atoms with E-state index in [4.69, 9.17) is 33.7 Å². The number of ether oxygens (including phenoxy) is 1. The fourth-order valence-electron chi connectivity index (χ4n) is 2.47. The van der Waals surface area contributed by atoms with E-state index in [-0.39, 0.29) is 17.2 Å². The second-order valence-corrected chi connectivity index (χ2v) is 6.79. The molecule has 0 radical (unpaired) electrons. The Morgan fingerprint density at radius 3 is 2.37 bits per heavy atom. The first kappa shape index (κ1) is 19.1. The smallest absolute Gasteiger partial charge is 0.253 e. The van der Waals surface area contributed by atoms with Gasteiger partial charge in [-0.05, 0) is 48.5 Å². The number of carbonyl (C=O) groups is 1. The summed E-state index contributed by atoms with van der Waals surface area (Å²) in [6, 6.07) is 11.9. The van der Waals surface area contributed by atoms with Crippen molar-refractivity contribution >= 4 is 40.8 Å². The van der Waals surface area contributed by atoms with Crippen LogP contribution in [0.2, 0.25) is 0 Å². The molecule has 1 heterocycles. The number of hydrogen-bond donors (Lipinski definition) is 2. The number of nitrogens with two attached hydrogens (primary N) is 1. The highest BCUT2D eigenvalue weighted by Gasteiger charge is 2.46. The maximum absolute atomic E-state index is 13.1. The number of nitrogens with one attached hydrogen (secondary N) is 1. The summed E-state index contributed by atoms with van der Waals surface area (Å²) in [5.41, 5.74) is 5.23. The molecule has 0 bridgehead atoms. The van der Waals surface area contributed by atoms with Crippen LogP contribution in [0.1, 0.15) is 15.9 Å². The van der Waals surface area contributed by atoms with Crippen molar-refractivity contribution in [3.63, 3.8) is 0 Å². The second kappa shape index (κ2) is 7.54. The molecule has 0 aromatic heterocycles. The molecule has 0 unspecified atom stereocenters. The van der Waals surface area contributed by atoms with E-state index in [1.165, 1.54) is 24.3 Å². The number of alkyl halides is 2. The predicted molar refractivity (Wildman–Crippen MR) is 103 cm³/mol. The lowest BCUT2D eigenvalue weighted by Crippen LogP contribution is -2.59. The van der Waals surface area contributed by atoms with E-state index < -0.39 is 22.2 Å². The van der Waals surface area contributed by atoms with Gasteiger partial charge >= 0.3 is 0 Å². The van der Waals surface area contributed by atoms with E-state index in [9.17, 15) is 9.18 Å². The summed E-state index contributed by atoms with van der Waals surface area (Å²) >= 11 is 12.2. The van der Waals surface area contributed by atoms with Gasteiger partial charge in [0, 0.05) is 11.1 Å². The third kappa shape index (κ3) is 3.74. The first-order valence-corrected chi connectivity index (χ1v) is 8.68. The van der Waals surface area contributed by atoms with Crippen LogP contribution in [0.3, 0.4) is 0 Å². The second-order valence-electron chi connectivity index (χ2n) is 5.69. The molecule has 1 amide bonds. The summed E-state index contributed by atoms with van der Waals surface area (Å²) in [5.74, 6) is -0.160. The Kier molecular flexibility index (Phi) is 5.34. The Hall–Kier alpha value is -2.64. The minimum Gasteiger partial charge on any atom is -0.497 e. The third-order valence-electron chi connectivity index (χ3n) is 3.97. The molecule has 6 nitrogen and oxygen atoms in total. The molecule has 0 aliphatic carbocycles. The fourth-order valence-corrected chi connectivity index (χ4v) is 2.90. The Morgan fingerprint density at radius 1 is 1.19 bits per heavy atom. The van der Waals surface area contributed by atoms with Gasteiger partial charge in [-0.1, -0.05) is 23.2 Å². The van der Waals surface area contributed by atoms with Gasteiger partial charge in [-0.15, -0.1) is 0 Å². The number of methoxy groups -OCH3 is 1. The molecule has 0 spiro atoms. The zero-order valence-corrected chi connectivity index (χ0v) is 15.6. The number of carbonyl (C=O) groups excluding carboxylic acids is 1. The van der Waals surface area contributed by atoms with Crippen LogP contribution in [0.4, 0.5) is 4.39 Å². The Balaban J connectivity index is 1.93. The van der Waals surface area contributed by atoms with Crippen molar-refractivity contribution in [2.24, 2.45) is 15.7 Å². The van der Waals surface area contributed by atoms with Crippen molar-refractivity contribution in [3.8, 4) is 5.75 Å². The maximum Gasteiger partial charge on any atom is 0.253 e. The molecule has 1 aliphatic heterocycles. The summed E-state index contributed by atoms with van der Waals surface area (Å²) < 4.78 is 18.2. The standard InChI is InChI=1S/C18H15Cl2FN4O2/c1-27-13-8-4-10(5-9-13)14-23-17(22)18(24-14,16(19)20)25-15(26)11-2-6-12(21)7-3-11/h2-9,16H,1H3,(H,25,26)(H2,22,23,24)/t18-/m0/s1. The van der Waals surface area contributed by atoms with E-state index in [2.05, 4.69) is 15.3 Å². The number of amides is 1. The van der Waals surface area contributed by atoms with Crippen LogP contribution in [-0.4, -0.2) is 35.2 Å². The first-order chi connectivity index (χ1) is 12.9. The van der Waals surface area contributed by atoms with Gasteiger partial charge < -0.3 is 15.8 Å². The van der Waals surface area contributed by atoms with Crippen molar-refractivity contribution in [2.45, 2.75) is 10.5 Å². The van der Waals surface area contributed by atoms with Crippen LogP contribution in [-0.2, 0) is 0 Å². The summed E-state index contributed by atoms with van der Waals surface area (Å²) in [5, 5.41) is 2.61. The lowest BCUT2D eigenvalue weighted by Gasteiger charge is -2.28. The van der Waals surface area contributed by atoms with E-state index in [1.807, 2.05) is 0 Å². The van der Waals surface area contributed by atoms with Gasteiger partial charge in [0.15, 0.2) is 16.5 Å². The number of benzene rings is 2. The van der Waals surface area contributed by atoms with Gasteiger partial charge in [-0.3, -0.25) is 4.79 Å². The molecule has 140 valence electrons. The molecule has 0 saturated carbocycles. The number of halogens is 3. The van der Waals surface area contributed by atoms with E-state index in [0.29, 0.717) is 11.3 Å². The van der Waals surface area contributed by atoms with Crippen LogP contribution < -0.4 is 15.8 Å². The number of hydrogen-bond acceptors (Lipinski definition) is 5. The van der Waals surface area contributed by atoms with Gasteiger partial charge in [0.1, 0.15) is 11.6 Å². The average molecular weight is 409 g/mol. The fraction of sp³-hybridized carbons (Fsp3) is 0.167. The zero-order chi connectivity index (χ0) is 19.6. The molecule has 2 aromatic rings. The maximum atomic E-state index is 13.1. The number of rotatable bonds is 5. The highest BCUT2D eigenvalue weighted by Crippen LogP contribution is 2.29. The largest absolute Gasteiger partial charge is 0.497 e. The lowest BCUT2D eigenvalue weighted by molar-refractivity contribution is 0.0928. The monoisotopic (exact) mass is 408 g/mol. The lowest BCUT2D eigenvalue weighted by atomic mass is 10.1. The molecule has 0 fully saturated rings. The molecule has 3 rings (SSSR count). The Morgan fingerprint density at radius 2 is 1.81 bits per heavy atom. The molecule has 2 aromatic carbocycles. The summed E-state index contributed by atoms with van der Waals surface area (Å²) in [4.78, 5) is 19.9. The van der Waals surface area contributed by atoms with Crippen LogP contribution in [0.5, 0.6) is 5.75 Å². The first-order valence-electron chi connectivity index (χ1n) is 7.81. The molecule has 0 saturated heterocycles. The normalized spacial score (nSPS) is 18.9. The van der Waals surface area contributed by atoms with Gasteiger partial charge in [0.05, 0.1) is 7.11 Å². The van der Waals surface area contributed by atoms with Crippen molar-refractivity contribution in [1.82, 2.24) is 5.32 Å². The van der Waals surface area contributed by atoms with E-state index in [0.717, 1.165) is 0 Å². The third-order valence-corrected chi connectivity index (χ3v) is 4.61. The van der Waals surface area contributed by atoms with Crippen LogP contribution in [0.15, 0.2) is 58.5 Å². The zero-order valence-electron chi connectivity index (χ0n) is 14.1. The molecule has 1 aliphatic rings. The summed E-state index contributed by atoms with van der Waals surface area (Å²) in [6.45, 7) is 0. The van der Waals surface area contributed by atoms with Gasteiger partial charge in [0.2, 0.25) is 5.66 Å². The Labute approximate surface area is 164 Å². The predicted octanol–water partition coefficient (Wildman–Crippen LogP) is 2.88. The molecular formula is C18H15Cl2FN4O2. The molecular weight excluding hydrogens is 394 g/mol. The van der Waals surface area contributed by atoms with Gasteiger partial charge in [-0.25, -0.2) is 14.4 Å². The Bertz CT molecular complexity index is 914. The minimum absolute atomic E-state index is 0.0567. The van der Waals surface area contributed by atoms with Crippen LogP contribution >= 0.6 is 23.2 Å². The number of amidine groups is 2. The molecule has 27 heavy (non-hydrogen) atoms. The van der Waals surface area contributed by atoms with E-state index in [1.54, 1.807) is 31.4 Å². The van der Waals surface area contributed by atoms with E-state index >= 15 is 0 Å². The average Bonchev–Trinajstić information content (AvgIpc) is 3.00. The highest BCUT2D eigenvalue weighted by atomic mass is 35.5. The molecule has 9 heteroatoms. The molecule has 1 atom stereocenters. The topological polar surface area (TPSA) is 89.1 Å². The van der Waals surface area contributed by atoms with Crippen molar-refractivity contribution in [2.75, 3.05) is 7.11 Å². The van der Waals surface area contributed by atoms with Gasteiger partial charge in [0.25, 0.3) is 5.91 Å². The van der Waals surface area contributed by atoms with Crippen molar-refractivity contribution in [1.29, 1.82) is 0 Å². The van der Waals surface area contributed by atoms with Crippen LogP contribution in [0.25, 0.3) is 0 Å². The quantitative estimate of drug-likeness (QED) is 0.745. The highest BCUT2D eigenvalue weighted by molar-refractivity contribution is 6.47. The summed E-state index contributed by atoms with van der Waals surface area (Å²) in [7, 11) is 1.56. The molecule has 3 N–H and O–H groups in total. The number of nitrogens with zero attached hydrogens (tertiary/aromatic N) is 2. The van der Waals surface area contributed by atoms with Crippen molar-refractivity contribution in [3.05, 3.63) is 65.5 Å². The minimum atomic E-state index is -1.64. The van der Waals surface area contributed by atoms with Crippen LogP contribution in [0, 0.1) is 5.82 Å². The summed E-state index contributed by atoms with van der Waals surface area (Å²) in [6.07, 6.45) is 0. The van der Waals surface area contributed by atoms with Crippen molar-refractivity contribution < 1.29 is 13.9 Å². The number of aliphatic imine (C=N–C) groups is 2. The SMILES string of the molecule is COc1ccc(C2=N[C@](NC(=O)c3ccc(F)cc3)(C(Cl)Cl)C(N)=N2)cc1.